The van der Waals surface area contributed by atoms with Crippen molar-refractivity contribution in [1.82, 2.24) is 25.0 Å². The van der Waals surface area contributed by atoms with Gasteiger partial charge in [-0.25, -0.2) is 0 Å². The molecule has 114 valence electrons. The zero-order valence-corrected chi connectivity index (χ0v) is 12.3. The molecule has 1 saturated carbocycles. The van der Waals surface area contributed by atoms with Crippen molar-refractivity contribution in [3.63, 3.8) is 0 Å². The van der Waals surface area contributed by atoms with Crippen molar-refractivity contribution in [3.8, 4) is 0 Å². The average molecular weight is 291 g/mol. The predicted octanol–water partition coefficient (Wildman–Crippen LogP) is -0.125. The van der Waals surface area contributed by atoms with E-state index in [1.165, 1.54) is 12.8 Å². The Bertz CT molecular complexity index is 554. The molecule has 2 aliphatic heterocycles. The van der Waals surface area contributed by atoms with Crippen LogP contribution in [-0.4, -0.2) is 57.4 Å². The van der Waals surface area contributed by atoms with Gasteiger partial charge >= 0.3 is 0 Å². The van der Waals surface area contributed by atoms with Crippen LogP contribution in [0.3, 0.4) is 0 Å². The number of nitrogens with zero attached hydrogens (tertiary/aromatic N) is 4. The number of hydrogen-bond donors (Lipinski definition) is 1. The molecule has 4 rings (SSSR count). The largest absolute Gasteiger partial charge is 0.375 e. The number of carbonyl (C=O) groups is 1. The zero-order valence-electron chi connectivity index (χ0n) is 12.3. The van der Waals surface area contributed by atoms with Crippen molar-refractivity contribution in [2.24, 2.45) is 0 Å². The van der Waals surface area contributed by atoms with Gasteiger partial charge in [0.2, 0.25) is 5.91 Å². The van der Waals surface area contributed by atoms with Gasteiger partial charge in [0.05, 0.1) is 19.3 Å². The standard InChI is InChI=1S/C14H21N5O2/c1-9-12(15-4-7-21-9)14(20)18-5-6-19-11(8-18)16-17-13(19)10-2-3-10/h9-10,12,15H,2-8H2,1H3/t9-,12+/m1/s1. The van der Waals surface area contributed by atoms with Gasteiger partial charge in [-0.1, -0.05) is 0 Å². The second-order valence-electron chi connectivity index (χ2n) is 6.17. The highest BCUT2D eigenvalue weighted by atomic mass is 16.5. The molecular formula is C14H21N5O2. The van der Waals surface area contributed by atoms with Crippen molar-refractivity contribution < 1.29 is 9.53 Å². The van der Waals surface area contributed by atoms with E-state index in [0.717, 1.165) is 31.3 Å². The molecule has 0 aromatic carbocycles. The molecule has 0 unspecified atom stereocenters. The molecule has 3 aliphatic rings. The highest BCUT2D eigenvalue weighted by molar-refractivity contribution is 5.82. The zero-order chi connectivity index (χ0) is 14.4. The van der Waals surface area contributed by atoms with E-state index in [-0.39, 0.29) is 18.1 Å². The Labute approximate surface area is 123 Å². The van der Waals surface area contributed by atoms with Gasteiger partial charge in [-0.05, 0) is 19.8 Å². The SMILES string of the molecule is C[C@H]1OCCN[C@@H]1C(=O)N1CCn2c(nnc2C2CC2)C1. The maximum absolute atomic E-state index is 12.7. The number of fused-ring (bicyclic) bond motifs is 1. The van der Waals surface area contributed by atoms with E-state index in [1.54, 1.807) is 0 Å². The number of ether oxygens (including phenoxy) is 1. The Hall–Kier alpha value is -1.47. The maximum Gasteiger partial charge on any atom is 0.242 e. The van der Waals surface area contributed by atoms with Crippen LogP contribution in [0.15, 0.2) is 0 Å². The second-order valence-corrected chi connectivity index (χ2v) is 6.17. The Kier molecular flexibility index (Phi) is 3.19. The van der Waals surface area contributed by atoms with Crippen LogP contribution in [0.5, 0.6) is 0 Å². The quantitative estimate of drug-likeness (QED) is 0.822. The van der Waals surface area contributed by atoms with Crippen LogP contribution < -0.4 is 5.32 Å². The molecular weight excluding hydrogens is 270 g/mol. The monoisotopic (exact) mass is 291 g/mol. The van der Waals surface area contributed by atoms with E-state index >= 15 is 0 Å². The predicted molar refractivity (Wildman–Crippen MR) is 74.6 cm³/mol. The van der Waals surface area contributed by atoms with E-state index in [2.05, 4.69) is 20.1 Å². The van der Waals surface area contributed by atoms with E-state index < -0.39 is 0 Å². The summed E-state index contributed by atoms with van der Waals surface area (Å²) < 4.78 is 7.78. The molecule has 7 nitrogen and oxygen atoms in total. The molecule has 1 aromatic heterocycles. The van der Waals surface area contributed by atoms with Gasteiger partial charge in [0.25, 0.3) is 0 Å². The van der Waals surface area contributed by atoms with Crippen LogP contribution in [0.1, 0.15) is 37.3 Å². The molecule has 7 heteroatoms. The smallest absolute Gasteiger partial charge is 0.242 e. The van der Waals surface area contributed by atoms with Gasteiger partial charge in [0, 0.05) is 25.6 Å². The molecule has 2 atom stereocenters. The third-order valence-electron chi connectivity index (χ3n) is 4.62. The Morgan fingerprint density at radius 1 is 1.33 bits per heavy atom. The Morgan fingerprint density at radius 3 is 2.95 bits per heavy atom. The number of hydrogen-bond acceptors (Lipinski definition) is 5. The lowest BCUT2D eigenvalue weighted by molar-refractivity contribution is -0.141. The summed E-state index contributed by atoms with van der Waals surface area (Å²) in [5, 5.41) is 11.9. The Morgan fingerprint density at radius 2 is 2.19 bits per heavy atom. The van der Waals surface area contributed by atoms with Crippen molar-refractivity contribution in [1.29, 1.82) is 0 Å². The number of nitrogens with one attached hydrogen (secondary N) is 1. The summed E-state index contributed by atoms with van der Waals surface area (Å²) in [4.78, 5) is 14.5. The molecule has 1 amide bonds. The van der Waals surface area contributed by atoms with Gasteiger partial charge in [0.15, 0.2) is 5.82 Å². The maximum atomic E-state index is 12.7. The fraction of sp³-hybridized carbons (Fsp3) is 0.786. The summed E-state index contributed by atoms with van der Waals surface area (Å²) >= 11 is 0. The summed E-state index contributed by atoms with van der Waals surface area (Å²) in [6, 6.07) is -0.240. The highest BCUT2D eigenvalue weighted by Gasteiger charge is 2.36. The number of morpholine rings is 1. The molecule has 1 saturated heterocycles. The van der Waals surface area contributed by atoms with E-state index in [0.29, 0.717) is 19.1 Å². The van der Waals surface area contributed by atoms with Crippen molar-refractivity contribution >= 4 is 5.91 Å². The summed E-state index contributed by atoms with van der Waals surface area (Å²) in [6.07, 6.45) is 2.37. The van der Waals surface area contributed by atoms with Gasteiger partial charge in [-0.2, -0.15) is 0 Å². The number of carbonyl (C=O) groups excluding carboxylic acids is 1. The summed E-state index contributed by atoms with van der Waals surface area (Å²) in [6.45, 7) is 5.45. The van der Waals surface area contributed by atoms with E-state index in [4.69, 9.17) is 4.74 Å². The molecule has 0 spiro atoms. The first-order valence-corrected chi connectivity index (χ1v) is 7.80. The van der Waals surface area contributed by atoms with Crippen LogP contribution >= 0.6 is 0 Å². The fourth-order valence-corrected chi connectivity index (χ4v) is 3.22. The van der Waals surface area contributed by atoms with Gasteiger partial charge in [-0.3, -0.25) is 4.79 Å². The minimum absolute atomic E-state index is 0.0759. The molecule has 1 N–H and O–H groups in total. The normalized spacial score (nSPS) is 29.3. The van der Waals surface area contributed by atoms with E-state index in [1.807, 2.05) is 11.8 Å². The van der Waals surface area contributed by atoms with Gasteiger partial charge in [0.1, 0.15) is 11.9 Å². The lowest BCUT2D eigenvalue weighted by atomic mass is 10.1. The molecule has 1 aliphatic carbocycles. The number of rotatable bonds is 2. The molecule has 21 heavy (non-hydrogen) atoms. The van der Waals surface area contributed by atoms with Crippen molar-refractivity contribution in [2.45, 2.75) is 50.9 Å². The number of amides is 1. The molecule has 3 heterocycles. The third kappa shape index (κ3) is 2.34. The van der Waals surface area contributed by atoms with Crippen molar-refractivity contribution in [2.75, 3.05) is 19.7 Å². The molecule has 0 bridgehead atoms. The van der Waals surface area contributed by atoms with Crippen LogP contribution in [0, 0.1) is 0 Å². The van der Waals surface area contributed by atoms with E-state index in [9.17, 15) is 4.79 Å². The second kappa shape index (κ2) is 5.06. The highest BCUT2D eigenvalue weighted by Crippen LogP contribution is 2.39. The molecule has 0 radical (unpaired) electrons. The first kappa shape index (κ1) is 13.2. The lowest BCUT2D eigenvalue weighted by Gasteiger charge is -2.35. The summed E-state index contributed by atoms with van der Waals surface area (Å²) in [5.74, 6) is 2.75. The topological polar surface area (TPSA) is 72.3 Å². The first-order chi connectivity index (χ1) is 10.2. The lowest BCUT2D eigenvalue weighted by Crippen LogP contribution is -2.57. The van der Waals surface area contributed by atoms with Crippen LogP contribution in [0.25, 0.3) is 0 Å². The fourth-order valence-electron chi connectivity index (χ4n) is 3.22. The summed E-state index contributed by atoms with van der Waals surface area (Å²) in [7, 11) is 0. The molecule has 1 aromatic rings. The molecule has 2 fully saturated rings. The van der Waals surface area contributed by atoms with Crippen LogP contribution in [0.4, 0.5) is 0 Å². The minimum atomic E-state index is -0.240. The summed E-state index contributed by atoms with van der Waals surface area (Å²) in [5.41, 5.74) is 0. The first-order valence-electron chi connectivity index (χ1n) is 7.80. The van der Waals surface area contributed by atoms with Crippen LogP contribution in [0.2, 0.25) is 0 Å². The average Bonchev–Trinajstić information content (AvgIpc) is 3.26. The Balaban J connectivity index is 1.48. The van der Waals surface area contributed by atoms with Gasteiger partial charge in [-0.15, -0.1) is 10.2 Å². The minimum Gasteiger partial charge on any atom is -0.375 e. The van der Waals surface area contributed by atoms with Gasteiger partial charge < -0.3 is 19.5 Å². The van der Waals surface area contributed by atoms with Crippen LogP contribution in [-0.2, 0) is 22.6 Å². The van der Waals surface area contributed by atoms with Crippen molar-refractivity contribution in [3.05, 3.63) is 11.6 Å². The number of aromatic nitrogens is 3. The third-order valence-corrected chi connectivity index (χ3v) is 4.62.